The molecular weight excluding hydrogens is 495 g/mol. The van der Waals surface area contributed by atoms with Gasteiger partial charge in [0.1, 0.15) is 18.2 Å². The number of hydrogen-bond donors (Lipinski definition) is 1. The third kappa shape index (κ3) is 4.42. The van der Waals surface area contributed by atoms with Gasteiger partial charge in [0.2, 0.25) is 0 Å². The molecule has 0 radical (unpaired) electrons. The predicted molar refractivity (Wildman–Crippen MR) is 144 cm³/mol. The van der Waals surface area contributed by atoms with Crippen LogP contribution in [0.2, 0.25) is 10.0 Å². The molecule has 1 atom stereocenters. The highest BCUT2D eigenvalue weighted by molar-refractivity contribution is 6.43. The second kappa shape index (κ2) is 9.91. The van der Waals surface area contributed by atoms with Crippen molar-refractivity contribution in [3.05, 3.63) is 85.4 Å². The van der Waals surface area contributed by atoms with Crippen LogP contribution in [0.3, 0.4) is 0 Å². The fourth-order valence-corrected chi connectivity index (χ4v) is 5.90. The van der Waals surface area contributed by atoms with Crippen LogP contribution in [0.4, 0.5) is 5.82 Å². The first-order valence-electron chi connectivity index (χ1n) is 12.0. The Labute approximate surface area is 221 Å². The first-order valence-corrected chi connectivity index (χ1v) is 12.7. The molecule has 2 aromatic carbocycles. The Kier molecular flexibility index (Phi) is 6.84. The second-order valence-corrected chi connectivity index (χ2v) is 10.3. The minimum Gasteiger partial charge on any atom is -0.372 e. The zero-order chi connectivity index (χ0) is 25.4. The Morgan fingerprint density at radius 3 is 2.69 bits per heavy atom. The van der Waals surface area contributed by atoms with E-state index in [0.717, 1.165) is 37.9 Å². The topological polar surface area (TPSA) is 73.4 Å². The summed E-state index contributed by atoms with van der Waals surface area (Å²) in [5.74, 6) is 7.41. The smallest absolute Gasteiger partial charge is 0.260 e. The largest absolute Gasteiger partial charge is 0.372 e. The van der Waals surface area contributed by atoms with Gasteiger partial charge in [0.05, 0.1) is 15.7 Å². The van der Waals surface area contributed by atoms with E-state index in [2.05, 4.69) is 34.9 Å². The Morgan fingerprint density at radius 1 is 1.19 bits per heavy atom. The maximum atomic E-state index is 13.1. The Bertz CT molecular complexity index is 1430. The van der Waals surface area contributed by atoms with Crippen LogP contribution in [0.15, 0.2) is 47.3 Å². The van der Waals surface area contributed by atoms with Gasteiger partial charge in [-0.2, -0.15) is 0 Å². The SMILES string of the molecule is COCC#Cc1ccc2c(c1)[C@@H](N)C1(CCN(c3cc(=O)n(-c4cccc(Cl)c4Cl)c(C)n3)CC1)C2. The number of ether oxygens (including phenoxy) is 1. The molecule has 3 aromatic rings. The van der Waals surface area contributed by atoms with E-state index >= 15 is 0 Å². The Balaban J connectivity index is 1.34. The molecule has 1 aliphatic heterocycles. The highest BCUT2D eigenvalue weighted by Crippen LogP contribution is 2.51. The number of halogens is 2. The van der Waals surface area contributed by atoms with Crippen LogP contribution in [-0.4, -0.2) is 36.4 Å². The number of fused-ring (bicyclic) bond motifs is 1. The average molecular weight is 523 g/mol. The van der Waals surface area contributed by atoms with Gasteiger partial charge in [0, 0.05) is 37.9 Å². The number of hydrogen-bond acceptors (Lipinski definition) is 5. The van der Waals surface area contributed by atoms with Crippen molar-refractivity contribution in [2.24, 2.45) is 11.1 Å². The van der Waals surface area contributed by atoms with Crippen molar-refractivity contribution < 1.29 is 4.74 Å². The van der Waals surface area contributed by atoms with Crippen molar-refractivity contribution in [2.45, 2.75) is 32.2 Å². The minimum atomic E-state index is -0.186. The number of aryl methyl sites for hydroxylation is 1. The van der Waals surface area contributed by atoms with Gasteiger partial charge in [0.25, 0.3) is 5.56 Å². The monoisotopic (exact) mass is 522 g/mol. The van der Waals surface area contributed by atoms with E-state index in [0.29, 0.717) is 34.0 Å². The van der Waals surface area contributed by atoms with Crippen molar-refractivity contribution in [1.82, 2.24) is 9.55 Å². The third-order valence-corrected chi connectivity index (χ3v) is 8.27. The van der Waals surface area contributed by atoms with Crippen molar-refractivity contribution in [2.75, 3.05) is 31.7 Å². The van der Waals surface area contributed by atoms with Gasteiger partial charge in [0.15, 0.2) is 0 Å². The normalized spacial score (nSPS) is 18.1. The van der Waals surface area contributed by atoms with Crippen LogP contribution in [0.25, 0.3) is 5.69 Å². The first-order chi connectivity index (χ1) is 17.3. The highest BCUT2D eigenvalue weighted by Gasteiger charge is 2.46. The molecule has 0 unspecified atom stereocenters. The first kappa shape index (κ1) is 24.9. The van der Waals surface area contributed by atoms with Crippen LogP contribution >= 0.6 is 23.2 Å². The van der Waals surface area contributed by atoms with Crippen LogP contribution in [0.1, 0.15) is 41.4 Å². The molecule has 1 aliphatic carbocycles. The lowest BCUT2D eigenvalue weighted by Crippen LogP contribution is -2.45. The number of anilines is 1. The number of rotatable bonds is 3. The number of piperidine rings is 1. The Hall–Kier alpha value is -2.82. The third-order valence-electron chi connectivity index (χ3n) is 7.46. The van der Waals surface area contributed by atoms with Gasteiger partial charge in [-0.15, -0.1) is 0 Å². The maximum absolute atomic E-state index is 13.1. The van der Waals surface area contributed by atoms with Crippen LogP contribution in [0, 0.1) is 24.2 Å². The molecule has 5 rings (SSSR count). The summed E-state index contributed by atoms with van der Waals surface area (Å²) >= 11 is 12.5. The molecule has 0 amide bonds. The molecule has 1 spiro atoms. The molecule has 186 valence electrons. The molecule has 1 saturated heterocycles. The van der Waals surface area contributed by atoms with Crippen LogP contribution in [-0.2, 0) is 11.2 Å². The van der Waals surface area contributed by atoms with Crippen molar-refractivity contribution in [3.8, 4) is 17.5 Å². The zero-order valence-corrected chi connectivity index (χ0v) is 21.9. The van der Waals surface area contributed by atoms with Crippen LogP contribution in [0.5, 0.6) is 0 Å². The zero-order valence-electron chi connectivity index (χ0n) is 20.4. The lowest BCUT2D eigenvalue weighted by Gasteiger charge is -2.42. The van der Waals surface area contributed by atoms with Gasteiger partial charge in [-0.25, -0.2) is 4.98 Å². The summed E-state index contributed by atoms with van der Waals surface area (Å²) in [5.41, 5.74) is 10.7. The number of aromatic nitrogens is 2. The molecule has 0 bridgehead atoms. The number of methoxy groups -OCH3 is 1. The van der Waals surface area contributed by atoms with E-state index in [1.165, 1.54) is 15.7 Å². The molecule has 2 heterocycles. The van der Waals surface area contributed by atoms with Gasteiger partial charge >= 0.3 is 0 Å². The summed E-state index contributed by atoms with van der Waals surface area (Å²) in [4.78, 5) is 20.0. The molecule has 2 N–H and O–H groups in total. The molecule has 2 aliphatic rings. The minimum absolute atomic E-state index is 0.00968. The summed E-state index contributed by atoms with van der Waals surface area (Å²) in [6.07, 6.45) is 2.82. The fraction of sp³-hybridized carbons (Fsp3) is 0.357. The highest BCUT2D eigenvalue weighted by atomic mass is 35.5. The van der Waals surface area contributed by atoms with Gasteiger partial charge in [-0.1, -0.05) is 47.2 Å². The summed E-state index contributed by atoms with van der Waals surface area (Å²) < 4.78 is 6.53. The Morgan fingerprint density at radius 2 is 1.97 bits per heavy atom. The van der Waals surface area contributed by atoms with E-state index < -0.39 is 0 Å². The molecule has 1 aromatic heterocycles. The standard InChI is InChI=1S/C28H28Cl2N4O2/c1-18-32-24(16-25(35)34(18)23-7-3-6-22(29)26(23)30)33-12-10-28(11-13-33)17-20-9-8-19(5-4-14-36-2)15-21(20)27(28)31/h3,6-9,15-16,27H,10-14,17,31H2,1-2H3/t27-/m1/s1. The number of nitrogens with two attached hydrogens (primary N) is 1. The summed E-state index contributed by atoms with van der Waals surface area (Å²) in [7, 11) is 1.64. The predicted octanol–water partition coefficient (Wildman–Crippen LogP) is 4.69. The van der Waals surface area contributed by atoms with Gasteiger partial charge in [-0.05, 0) is 67.0 Å². The fourth-order valence-electron chi connectivity index (χ4n) is 5.52. The maximum Gasteiger partial charge on any atom is 0.260 e. The quantitative estimate of drug-likeness (QED) is 0.505. The molecule has 8 heteroatoms. The summed E-state index contributed by atoms with van der Waals surface area (Å²) in [5, 5.41) is 0.732. The molecule has 0 saturated carbocycles. The van der Waals surface area contributed by atoms with Crippen molar-refractivity contribution >= 4 is 29.0 Å². The summed E-state index contributed by atoms with van der Waals surface area (Å²) in [6.45, 7) is 3.79. The number of nitrogens with zero attached hydrogens (tertiary/aromatic N) is 3. The summed E-state index contributed by atoms with van der Waals surface area (Å²) in [6, 6.07) is 13.1. The lowest BCUT2D eigenvalue weighted by atomic mass is 9.73. The van der Waals surface area contributed by atoms with Crippen LogP contribution < -0.4 is 16.2 Å². The molecule has 36 heavy (non-hydrogen) atoms. The van der Waals surface area contributed by atoms with Gasteiger partial charge < -0.3 is 15.4 Å². The van der Waals surface area contributed by atoms with E-state index in [1.807, 2.05) is 6.92 Å². The van der Waals surface area contributed by atoms with E-state index in [-0.39, 0.29) is 17.0 Å². The average Bonchev–Trinajstić information content (AvgIpc) is 3.12. The van der Waals surface area contributed by atoms with E-state index in [4.69, 9.17) is 38.7 Å². The number of benzene rings is 2. The van der Waals surface area contributed by atoms with Gasteiger partial charge in [-0.3, -0.25) is 9.36 Å². The molecular formula is C28H28Cl2N4O2. The van der Waals surface area contributed by atoms with E-state index in [9.17, 15) is 4.79 Å². The van der Waals surface area contributed by atoms with Crippen molar-refractivity contribution in [3.63, 3.8) is 0 Å². The van der Waals surface area contributed by atoms with Crippen molar-refractivity contribution in [1.29, 1.82) is 0 Å². The molecule has 6 nitrogen and oxygen atoms in total. The van der Waals surface area contributed by atoms with E-state index in [1.54, 1.807) is 31.4 Å². The second-order valence-electron chi connectivity index (χ2n) is 9.56. The lowest BCUT2D eigenvalue weighted by molar-refractivity contribution is 0.187. The molecule has 1 fully saturated rings.